The number of likely N-dealkylation sites (tertiary alicyclic amines) is 1. The van der Waals surface area contributed by atoms with Gasteiger partial charge in [-0.3, -0.25) is 5.10 Å². The first-order valence-corrected chi connectivity index (χ1v) is 8.64. The van der Waals surface area contributed by atoms with E-state index in [0.29, 0.717) is 26.2 Å². The number of halogens is 1. The summed E-state index contributed by atoms with van der Waals surface area (Å²) in [6, 6.07) is 5.90. The van der Waals surface area contributed by atoms with Gasteiger partial charge in [0.15, 0.2) is 0 Å². The zero-order valence-corrected chi connectivity index (χ0v) is 14.4. The summed E-state index contributed by atoms with van der Waals surface area (Å²) in [5, 5.41) is 11.8. The highest BCUT2D eigenvalue weighted by Crippen LogP contribution is 2.27. The molecule has 1 atom stereocenters. The number of hydrogen-bond donors (Lipinski definition) is 2. The van der Waals surface area contributed by atoms with Crippen molar-refractivity contribution in [3.05, 3.63) is 30.0 Å². The van der Waals surface area contributed by atoms with E-state index < -0.39 is 6.17 Å². The van der Waals surface area contributed by atoms with Gasteiger partial charge in [0.1, 0.15) is 30.1 Å². The van der Waals surface area contributed by atoms with Crippen LogP contribution in [0.5, 0.6) is 5.75 Å². The molecule has 1 fully saturated rings. The normalized spacial score (nSPS) is 20.6. The topological polar surface area (TPSA) is 65.5 Å². The molecule has 0 bridgehead atoms. The van der Waals surface area contributed by atoms with Crippen LogP contribution in [0.2, 0.25) is 0 Å². The van der Waals surface area contributed by atoms with E-state index in [2.05, 4.69) is 20.5 Å². The molecule has 0 aliphatic carbocycles. The van der Waals surface area contributed by atoms with E-state index >= 15 is 0 Å². The SMILES string of the molecule is CC(C)Oc1ccc2[nH]nc(C3=CC(N4CC[C@H](F)C4)=NCN3)c2c1. The highest BCUT2D eigenvalue weighted by Gasteiger charge is 2.25. The number of ether oxygens (including phenoxy) is 1. The molecule has 1 aromatic carbocycles. The number of rotatable bonds is 3. The molecule has 1 saturated heterocycles. The van der Waals surface area contributed by atoms with Crippen LogP contribution in [0.3, 0.4) is 0 Å². The zero-order valence-electron chi connectivity index (χ0n) is 14.4. The number of alkyl halides is 1. The lowest BCUT2D eigenvalue weighted by Gasteiger charge is -2.22. The molecule has 4 rings (SSSR count). The average Bonchev–Trinajstić information content (AvgIpc) is 3.20. The van der Waals surface area contributed by atoms with Crippen LogP contribution in [-0.4, -0.2) is 53.0 Å². The fraction of sp³-hybridized carbons (Fsp3) is 0.444. The number of nitrogens with one attached hydrogen (secondary N) is 2. The van der Waals surface area contributed by atoms with Crippen molar-refractivity contribution < 1.29 is 9.13 Å². The molecule has 6 nitrogen and oxygen atoms in total. The zero-order chi connectivity index (χ0) is 17.4. The summed E-state index contributed by atoms with van der Waals surface area (Å²) in [7, 11) is 0. The van der Waals surface area contributed by atoms with Crippen LogP contribution >= 0.6 is 0 Å². The monoisotopic (exact) mass is 343 g/mol. The molecule has 0 radical (unpaired) electrons. The summed E-state index contributed by atoms with van der Waals surface area (Å²) in [6.07, 6.45) is 1.86. The molecule has 0 amide bonds. The summed E-state index contributed by atoms with van der Waals surface area (Å²) in [5.41, 5.74) is 2.66. The first-order chi connectivity index (χ1) is 12.1. The van der Waals surface area contributed by atoms with Crippen LogP contribution in [0.25, 0.3) is 16.6 Å². The van der Waals surface area contributed by atoms with Crippen LogP contribution in [0.1, 0.15) is 26.0 Å². The fourth-order valence-corrected chi connectivity index (χ4v) is 3.24. The van der Waals surface area contributed by atoms with Crippen molar-refractivity contribution in [1.82, 2.24) is 20.4 Å². The average molecular weight is 343 g/mol. The third-order valence-electron chi connectivity index (χ3n) is 4.40. The van der Waals surface area contributed by atoms with Crippen molar-refractivity contribution in [2.24, 2.45) is 4.99 Å². The highest BCUT2D eigenvalue weighted by atomic mass is 19.1. The molecule has 0 unspecified atom stereocenters. The largest absolute Gasteiger partial charge is 0.491 e. The van der Waals surface area contributed by atoms with E-state index in [1.807, 2.05) is 43.0 Å². The molecule has 1 aromatic heterocycles. The van der Waals surface area contributed by atoms with Gasteiger partial charge < -0.3 is 15.0 Å². The molecular weight excluding hydrogens is 321 g/mol. The molecule has 25 heavy (non-hydrogen) atoms. The molecule has 132 valence electrons. The van der Waals surface area contributed by atoms with Crippen molar-refractivity contribution >= 4 is 22.4 Å². The molecule has 2 aliphatic rings. The van der Waals surface area contributed by atoms with Gasteiger partial charge in [0.05, 0.1) is 23.9 Å². The Morgan fingerprint density at radius 2 is 2.24 bits per heavy atom. The predicted molar refractivity (Wildman–Crippen MR) is 96.4 cm³/mol. The number of amidine groups is 1. The van der Waals surface area contributed by atoms with Crippen LogP contribution in [0.15, 0.2) is 29.3 Å². The van der Waals surface area contributed by atoms with Crippen LogP contribution < -0.4 is 10.1 Å². The molecule has 7 heteroatoms. The molecule has 3 heterocycles. The second-order valence-corrected chi connectivity index (χ2v) is 6.69. The Hall–Kier alpha value is -2.57. The minimum atomic E-state index is -0.767. The van der Waals surface area contributed by atoms with E-state index in [0.717, 1.165) is 33.9 Å². The standard InChI is InChI=1S/C18H22FN5O/c1-11(2)25-13-3-4-15-14(7-13)18(23-22-15)16-8-17(21-10-20-16)24-6-5-12(19)9-24/h3-4,7-8,11-12,20H,5-6,9-10H2,1-2H3,(H,22,23)/t12-/m0/s1. The van der Waals surface area contributed by atoms with Gasteiger partial charge in [-0.1, -0.05) is 0 Å². The number of fused-ring (bicyclic) bond motifs is 1. The Morgan fingerprint density at radius 3 is 3.00 bits per heavy atom. The van der Waals surface area contributed by atoms with Gasteiger partial charge in [0.25, 0.3) is 0 Å². The number of H-pyrrole nitrogens is 1. The predicted octanol–water partition coefficient (Wildman–Crippen LogP) is 2.69. The van der Waals surface area contributed by atoms with Gasteiger partial charge in [-0.25, -0.2) is 9.38 Å². The fourth-order valence-electron chi connectivity index (χ4n) is 3.24. The van der Waals surface area contributed by atoms with E-state index in [4.69, 9.17) is 4.74 Å². The maximum atomic E-state index is 13.5. The van der Waals surface area contributed by atoms with Crippen LogP contribution in [0, 0.1) is 0 Å². The van der Waals surface area contributed by atoms with Gasteiger partial charge >= 0.3 is 0 Å². The van der Waals surface area contributed by atoms with E-state index in [-0.39, 0.29) is 6.10 Å². The molecule has 2 N–H and O–H groups in total. The van der Waals surface area contributed by atoms with Gasteiger partial charge in [-0.15, -0.1) is 0 Å². The second kappa shape index (κ2) is 6.38. The molecule has 2 aromatic rings. The van der Waals surface area contributed by atoms with E-state index in [1.54, 1.807) is 0 Å². The Bertz CT molecular complexity index is 841. The lowest BCUT2D eigenvalue weighted by atomic mass is 10.1. The smallest absolute Gasteiger partial charge is 0.127 e. The minimum Gasteiger partial charge on any atom is -0.491 e. The summed E-state index contributed by atoms with van der Waals surface area (Å²) in [5.74, 6) is 1.63. The number of aromatic nitrogens is 2. The third kappa shape index (κ3) is 3.18. The van der Waals surface area contributed by atoms with Crippen molar-refractivity contribution in [3.8, 4) is 5.75 Å². The Morgan fingerprint density at radius 1 is 1.36 bits per heavy atom. The van der Waals surface area contributed by atoms with E-state index in [1.165, 1.54) is 0 Å². The van der Waals surface area contributed by atoms with Crippen molar-refractivity contribution in [1.29, 1.82) is 0 Å². The Kier molecular flexibility index (Phi) is 4.07. The molecule has 0 saturated carbocycles. The van der Waals surface area contributed by atoms with Crippen molar-refractivity contribution in [2.75, 3.05) is 19.8 Å². The summed E-state index contributed by atoms with van der Waals surface area (Å²) in [4.78, 5) is 6.46. The third-order valence-corrected chi connectivity index (χ3v) is 4.40. The first kappa shape index (κ1) is 15.9. The van der Waals surface area contributed by atoms with Crippen molar-refractivity contribution in [3.63, 3.8) is 0 Å². The number of aromatic amines is 1. The quantitative estimate of drug-likeness (QED) is 0.899. The maximum Gasteiger partial charge on any atom is 0.127 e. The summed E-state index contributed by atoms with van der Waals surface area (Å²) >= 11 is 0. The Balaban J connectivity index is 1.66. The highest BCUT2D eigenvalue weighted by molar-refractivity contribution is 6.03. The lowest BCUT2D eigenvalue weighted by Crippen LogP contribution is -2.32. The Labute approximate surface area is 145 Å². The first-order valence-electron chi connectivity index (χ1n) is 8.64. The van der Waals surface area contributed by atoms with Crippen molar-refractivity contribution in [2.45, 2.75) is 32.5 Å². The minimum absolute atomic E-state index is 0.113. The summed E-state index contributed by atoms with van der Waals surface area (Å²) in [6.45, 7) is 5.59. The van der Waals surface area contributed by atoms with Gasteiger partial charge in [0, 0.05) is 18.0 Å². The second-order valence-electron chi connectivity index (χ2n) is 6.69. The van der Waals surface area contributed by atoms with E-state index in [9.17, 15) is 4.39 Å². The number of hydrogen-bond acceptors (Lipinski definition) is 5. The summed E-state index contributed by atoms with van der Waals surface area (Å²) < 4.78 is 19.3. The maximum absolute atomic E-state index is 13.5. The number of aliphatic imine (C=N–C) groups is 1. The van der Waals surface area contributed by atoms with Gasteiger partial charge in [0.2, 0.25) is 0 Å². The number of nitrogens with zero attached hydrogens (tertiary/aromatic N) is 3. The number of benzene rings is 1. The molecule has 2 aliphatic heterocycles. The van der Waals surface area contributed by atoms with Gasteiger partial charge in [-0.05, 0) is 38.5 Å². The lowest BCUT2D eigenvalue weighted by molar-refractivity contribution is 0.243. The van der Waals surface area contributed by atoms with Crippen LogP contribution in [0.4, 0.5) is 4.39 Å². The molecular formula is C18H22FN5O. The van der Waals surface area contributed by atoms with Gasteiger partial charge in [-0.2, -0.15) is 5.10 Å². The molecule has 0 spiro atoms. The van der Waals surface area contributed by atoms with Crippen LogP contribution in [-0.2, 0) is 0 Å².